The van der Waals surface area contributed by atoms with Gasteiger partial charge in [-0.2, -0.15) is 0 Å². The molecule has 1 aromatic heterocycles. The summed E-state index contributed by atoms with van der Waals surface area (Å²) in [7, 11) is 1.56. The van der Waals surface area contributed by atoms with Crippen LogP contribution in [-0.2, 0) is 16.1 Å². The Kier molecular flexibility index (Phi) is 9.64. The van der Waals surface area contributed by atoms with Crippen LogP contribution in [0.1, 0.15) is 39.5 Å². The first-order valence-corrected chi connectivity index (χ1v) is 14.0. The third kappa shape index (κ3) is 7.11. The third-order valence-electron chi connectivity index (χ3n) is 6.25. The van der Waals surface area contributed by atoms with Gasteiger partial charge >= 0.3 is 5.97 Å². The highest BCUT2D eigenvalue weighted by Gasteiger charge is 2.22. The molecule has 206 valence electrons. The van der Waals surface area contributed by atoms with Crippen LogP contribution >= 0.6 is 22.9 Å². The largest absolute Gasteiger partial charge is 0.493 e. The van der Waals surface area contributed by atoms with Crippen LogP contribution in [0.15, 0.2) is 72.1 Å². The second kappa shape index (κ2) is 13.3. The van der Waals surface area contributed by atoms with Crippen LogP contribution in [0.4, 0.5) is 5.00 Å². The van der Waals surface area contributed by atoms with Gasteiger partial charge in [0.2, 0.25) is 5.91 Å². The molecule has 0 aliphatic carbocycles. The van der Waals surface area contributed by atoms with E-state index < -0.39 is 5.97 Å². The van der Waals surface area contributed by atoms with Gasteiger partial charge in [-0.3, -0.25) is 4.79 Å². The zero-order valence-electron chi connectivity index (χ0n) is 22.7. The maximum atomic E-state index is 12.9. The molecule has 3 aromatic carbocycles. The van der Waals surface area contributed by atoms with E-state index in [-0.39, 0.29) is 12.5 Å². The van der Waals surface area contributed by atoms with E-state index in [0.717, 1.165) is 33.4 Å². The Morgan fingerprint density at radius 2 is 1.75 bits per heavy atom. The number of benzene rings is 3. The Morgan fingerprint density at radius 3 is 2.45 bits per heavy atom. The maximum Gasteiger partial charge on any atom is 0.341 e. The molecular weight excluding hydrogens is 546 g/mol. The van der Waals surface area contributed by atoms with Crippen molar-refractivity contribution in [1.29, 1.82) is 0 Å². The lowest BCUT2D eigenvalue weighted by atomic mass is 9.99. The summed E-state index contributed by atoms with van der Waals surface area (Å²) in [4.78, 5) is 25.7. The van der Waals surface area contributed by atoms with Crippen molar-refractivity contribution < 1.29 is 23.8 Å². The zero-order valence-corrected chi connectivity index (χ0v) is 24.3. The smallest absolute Gasteiger partial charge is 0.341 e. The molecule has 1 heterocycles. The molecule has 6 nitrogen and oxygen atoms in total. The van der Waals surface area contributed by atoms with Crippen molar-refractivity contribution in [2.45, 2.75) is 27.4 Å². The second-order valence-electron chi connectivity index (χ2n) is 9.02. The lowest BCUT2D eigenvalue weighted by Crippen LogP contribution is -2.12. The average molecular weight is 576 g/mol. The number of methoxy groups -OCH3 is 1. The molecule has 1 N–H and O–H groups in total. The predicted octanol–water partition coefficient (Wildman–Crippen LogP) is 8.10. The lowest BCUT2D eigenvalue weighted by Gasteiger charge is -2.11. The van der Waals surface area contributed by atoms with Gasteiger partial charge < -0.3 is 19.5 Å². The van der Waals surface area contributed by atoms with Gasteiger partial charge in [0.25, 0.3) is 0 Å². The molecule has 0 atom stereocenters. The number of aryl methyl sites for hydroxylation is 2. The van der Waals surface area contributed by atoms with Crippen molar-refractivity contribution in [2.24, 2.45) is 0 Å². The number of halogens is 1. The Hall–Kier alpha value is -4.07. The average Bonchev–Trinajstić information content (AvgIpc) is 3.36. The van der Waals surface area contributed by atoms with E-state index in [1.54, 1.807) is 32.2 Å². The maximum absolute atomic E-state index is 12.9. The minimum Gasteiger partial charge on any atom is -0.493 e. The van der Waals surface area contributed by atoms with Crippen LogP contribution in [0, 0.1) is 13.8 Å². The Balaban J connectivity index is 1.49. The summed E-state index contributed by atoms with van der Waals surface area (Å²) in [5.74, 6) is 0.268. The van der Waals surface area contributed by atoms with Crippen molar-refractivity contribution in [3.05, 3.63) is 105 Å². The van der Waals surface area contributed by atoms with Crippen molar-refractivity contribution >= 4 is 45.9 Å². The fourth-order valence-corrected chi connectivity index (χ4v) is 5.04. The molecule has 0 unspecified atom stereocenters. The number of amides is 1. The Morgan fingerprint density at radius 1 is 0.975 bits per heavy atom. The second-order valence-corrected chi connectivity index (χ2v) is 10.3. The number of nitrogens with one attached hydrogen (secondary N) is 1. The molecule has 40 heavy (non-hydrogen) atoms. The molecule has 0 fully saturated rings. The summed E-state index contributed by atoms with van der Waals surface area (Å²) in [5.41, 5.74) is 5.97. The fraction of sp³-hybridized carbons (Fsp3) is 0.188. The molecule has 0 radical (unpaired) electrons. The molecule has 0 bridgehead atoms. The highest BCUT2D eigenvalue weighted by molar-refractivity contribution is 7.15. The van der Waals surface area contributed by atoms with Crippen molar-refractivity contribution in [3.8, 4) is 22.6 Å². The molecule has 0 aliphatic heterocycles. The fourth-order valence-electron chi connectivity index (χ4n) is 3.95. The van der Waals surface area contributed by atoms with Crippen LogP contribution in [-0.4, -0.2) is 25.6 Å². The molecule has 1 amide bonds. The van der Waals surface area contributed by atoms with Crippen LogP contribution in [0.2, 0.25) is 5.02 Å². The summed E-state index contributed by atoms with van der Waals surface area (Å²) >= 11 is 7.23. The van der Waals surface area contributed by atoms with Crippen molar-refractivity contribution in [2.75, 3.05) is 19.0 Å². The van der Waals surface area contributed by atoms with Gasteiger partial charge in [-0.15, -0.1) is 11.3 Å². The Bertz CT molecular complexity index is 1540. The number of anilines is 1. The highest BCUT2D eigenvalue weighted by Crippen LogP contribution is 2.37. The van der Waals surface area contributed by atoms with Crippen LogP contribution in [0.3, 0.4) is 0 Å². The van der Waals surface area contributed by atoms with E-state index in [1.165, 1.54) is 17.4 Å². The number of rotatable bonds is 10. The van der Waals surface area contributed by atoms with Crippen molar-refractivity contribution in [1.82, 2.24) is 0 Å². The van der Waals surface area contributed by atoms with Gasteiger partial charge in [-0.25, -0.2) is 4.79 Å². The number of esters is 1. The van der Waals surface area contributed by atoms with E-state index in [0.29, 0.717) is 33.7 Å². The summed E-state index contributed by atoms with van der Waals surface area (Å²) < 4.78 is 16.7. The van der Waals surface area contributed by atoms with Crippen LogP contribution < -0.4 is 14.8 Å². The summed E-state index contributed by atoms with van der Waals surface area (Å²) in [6.07, 6.45) is 3.08. The summed E-state index contributed by atoms with van der Waals surface area (Å²) in [6.45, 7) is 6.41. The van der Waals surface area contributed by atoms with Crippen molar-refractivity contribution in [3.63, 3.8) is 0 Å². The number of carbonyl (C=O) groups is 2. The van der Waals surface area contributed by atoms with E-state index in [1.807, 2.05) is 67.8 Å². The van der Waals surface area contributed by atoms with Gasteiger partial charge in [0.05, 0.1) is 13.7 Å². The molecular formula is C32H30ClNO5S. The topological polar surface area (TPSA) is 73.9 Å². The zero-order chi connectivity index (χ0) is 28.6. The highest BCUT2D eigenvalue weighted by atomic mass is 35.5. The minimum atomic E-state index is -0.477. The first kappa shape index (κ1) is 28.9. The number of carbonyl (C=O) groups excluding carboxylic acids is 2. The molecule has 8 heteroatoms. The van der Waals surface area contributed by atoms with Gasteiger partial charge in [0, 0.05) is 22.0 Å². The number of ether oxygens (including phenoxy) is 3. The number of hydrogen-bond donors (Lipinski definition) is 1. The molecule has 0 saturated carbocycles. The van der Waals surface area contributed by atoms with E-state index in [4.69, 9.17) is 25.8 Å². The van der Waals surface area contributed by atoms with Gasteiger partial charge in [-0.1, -0.05) is 48.0 Å². The molecule has 4 aromatic rings. The number of thiophene rings is 1. The third-order valence-corrected chi connectivity index (χ3v) is 7.40. The van der Waals surface area contributed by atoms with E-state index in [9.17, 15) is 9.59 Å². The summed E-state index contributed by atoms with van der Waals surface area (Å²) in [6, 6.07) is 18.8. The van der Waals surface area contributed by atoms with Crippen LogP contribution in [0.25, 0.3) is 17.2 Å². The molecule has 0 saturated heterocycles. The Labute approximate surface area is 243 Å². The lowest BCUT2D eigenvalue weighted by molar-refractivity contribution is -0.111. The minimum absolute atomic E-state index is 0.232. The standard InChI is InChI=1S/C32H30ClNO5S/c1-5-38-32(36)30-26(24-11-6-20(2)21(3)16-24)19-40-31(30)34-29(35)15-10-22-9-14-27(28(17-22)37-4)39-18-23-7-12-25(33)13-8-23/h6-17,19H,5,18H2,1-4H3,(H,34,35). The monoisotopic (exact) mass is 575 g/mol. The van der Waals surface area contributed by atoms with Gasteiger partial charge in [0.15, 0.2) is 11.5 Å². The first-order chi connectivity index (χ1) is 19.3. The van der Waals surface area contributed by atoms with E-state index >= 15 is 0 Å². The predicted molar refractivity (Wildman–Crippen MR) is 162 cm³/mol. The van der Waals surface area contributed by atoms with E-state index in [2.05, 4.69) is 5.32 Å². The van der Waals surface area contributed by atoms with Gasteiger partial charge in [-0.05, 0) is 78.9 Å². The quantitative estimate of drug-likeness (QED) is 0.153. The number of hydrogen-bond acceptors (Lipinski definition) is 6. The van der Waals surface area contributed by atoms with Gasteiger partial charge in [0.1, 0.15) is 17.2 Å². The van der Waals surface area contributed by atoms with Crippen LogP contribution in [0.5, 0.6) is 11.5 Å². The first-order valence-electron chi connectivity index (χ1n) is 12.7. The molecule has 0 spiro atoms. The molecule has 0 aliphatic rings. The SMILES string of the molecule is CCOC(=O)c1c(-c2ccc(C)c(C)c2)csc1NC(=O)C=Cc1ccc(OCc2ccc(Cl)cc2)c(OC)c1. The normalized spacial score (nSPS) is 10.9. The summed E-state index contributed by atoms with van der Waals surface area (Å²) in [5, 5.41) is 5.81. The molecule has 4 rings (SSSR count).